The number of nitrogens with zero attached hydrogens (tertiary/aromatic N) is 2. The third-order valence-electron chi connectivity index (χ3n) is 6.90. The average molecular weight is 407 g/mol. The van der Waals surface area contributed by atoms with Crippen LogP contribution in [0.25, 0.3) is 49.0 Å². The maximum absolute atomic E-state index is 8.28. The molecule has 0 fully saturated rings. The van der Waals surface area contributed by atoms with Crippen LogP contribution in [-0.4, -0.2) is 4.40 Å². The molecule has 2 nitrogen and oxygen atoms in total. The molecule has 0 saturated heterocycles. The van der Waals surface area contributed by atoms with Crippen molar-refractivity contribution in [3.63, 3.8) is 0 Å². The van der Waals surface area contributed by atoms with E-state index in [0.29, 0.717) is 6.04 Å². The summed E-state index contributed by atoms with van der Waals surface area (Å²) in [5, 5.41) is 6.36. The third kappa shape index (κ3) is 2.48. The van der Waals surface area contributed by atoms with Crippen LogP contribution in [0.15, 0.2) is 54.7 Å². The van der Waals surface area contributed by atoms with E-state index in [1.165, 1.54) is 65.7 Å². The second-order valence-corrected chi connectivity index (χ2v) is 10.5. The van der Waals surface area contributed by atoms with Crippen molar-refractivity contribution in [2.45, 2.75) is 41.0 Å². The second-order valence-electron chi connectivity index (χ2n) is 10.5. The number of pyridine rings is 2. The van der Waals surface area contributed by atoms with Crippen LogP contribution < -0.4 is 4.57 Å². The third-order valence-corrected chi connectivity index (χ3v) is 6.90. The zero-order chi connectivity index (χ0) is 22.5. The first-order valence-corrected chi connectivity index (χ1v) is 11.1. The topological polar surface area (TPSA) is 8.29 Å². The van der Waals surface area contributed by atoms with Crippen LogP contribution in [0.2, 0.25) is 0 Å². The molecule has 6 aromatic rings. The minimum absolute atomic E-state index is 0.219. The van der Waals surface area contributed by atoms with Crippen molar-refractivity contribution >= 4 is 49.0 Å². The van der Waals surface area contributed by atoms with E-state index in [1.54, 1.807) is 0 Å². The van der Waals surface area contributed by atoms with Crippen LogP contribution in [0, 0.1) is 19.3 Å². The monoisotopic (exact) mass is 406 g/mol. The summed E-state index contributed by atoms with van der Waals surface area (Å²) in [4.78, 5) is 0. The highest BCUT2D eigenvalue weighted by Crippen LogP contribution is 2.42. The Morgan fingerprint density at radius 3 is 2.55 bits per heavy atom. The molecule has 2 heteroatoms. The van der Waals surface area contributed by atoms with Gasteiger partial charge in [0.25, 0.3) is 0 Å². The smallest absolute Gasteiger partial charge is 0.224 e. The van der Waals surface area contributed by atoms with Gasteiger partial charge in [0.05, 0.1) is 28.7 Å². The Kier molecular flexibility index (Phi) is 3.38. The lowest BCUT2D eigenvalue weighted by Gasteiger charge is -2.20. The molecular weight excluding hydrogens is 376 g/mol. The highest BCUT2D eigenvalue weighted by molar-refractivity contribution is 6.26. The molecule has 0 radical (unpaired) electrons. The molecule has 154 valence electrons. The molecular formula is C29H29N2+. The molecule has 0 saturated carbocycles. The van der Waals surface area contributed by atoms with Gasteiger partial charge in [0.15, 0.2) is 6.20 Å². The van der Waals surface area contributed by atoms with Crippen LogP contribution >= 0.6 is 0 Å². The van der Waals surface area contributed by atoms with Gasteiger partial charge in [-0.15, -0.1) is 0 Å². The van der Waals surface area contributed by atoms with Crippen LogP contribution in [0.5, 0.6) is 0 Å². The number of rotatable bonds is 1. The fourth-order valence-corrected chi connectivity index (χ4v) is 5.57. The molecule has 3 aromatic heterocycles. The van der Waals surface area contributed by atoms with Gasteiger partial charge in [0.2, 0.25) is 5.52 Å². The Hall–Kier alpha value is -3.13. The van der Waals surface area contributed by atoms with Gasteiger partial charge in [-0.05, 0) is 66.0 Å². The van der Waals surface area contributed by atoms with Crippen LogP contribution in [0.1, 0.15) is 38.8 Å². The highest BCUT2D eigenvalue weighted by Gasteiger charge is 2.25. The first-order chi connectivity index (χ1) is 15.1. The summed E-state index contributed by atoms with van der Waals surface area (Å²) in [7, 11) is 2.16. The molecule has 0 aliphatic heterocycles. The molecule has 31 heavy (non-hydrogen) atoms. The number of hydrogen-bond donors (Lipinski definition) is 0. The number of benzene rings is 3. The highest BCUT2D eigenvalue weighted by atomic mass is 15.0. The SMILES string of the molecule is [2H]c1ccc2c(c1)c1cc(C)c(C)c3c1n2c1cc(CC(C)(C)C)cc2cc[n+](C)c3c21. The minimum atomic E-state index is 0.219. The predicted octanol–water partition coefficient (Wildman–Crippen LogP) is 7.02. The summed E-state index contributed by atoms with van der Waals surface area (Å²) in [6.45, 7) is 11.4. The summed E-state index contributed by atoms with van der Waals surface area (Å²) < 4.78 is 13.0. The maximum Gasteiger partial charge on any atom is 0.224 e. The van der Waals surface area contributed by atoms with Crippen molar-refractivity contribution in [1.82, 2.24) is 4.40 Å². The lowest BCUT2D eigenvalue weighted by atomic mass is 9.87. The van der Waals surface area contributed by atoms with Gasteiger partial charge in [-0.3, -0.25) is 0 Å². The summed E-state index contributed by atoms with van der Waals surface area (Å²) in [6.07, 6.45) is 3.24. The van der Waals surface area contributed by atoms with Crippen molar-refractivity contribution in [1.29, 1.82) is 0 Å². The normalized spacial score (nSPS) is 13.4. The van der Waals surface area contributed by atoms with Gasteiger partial charge >= 0.3 is 0 Å². The molecule has 0 N–H and O–H groups in total. The molecule has 0 aliphatic rings. The molecule has 0 amide bonds. The first kappa shape index (κ1) is 17.5. The second kappa shape index (κ2) is 5.97. The Morgan fingerprint density at radius 2 is 1.77 bits per heavy atom. The van der Waals surface area contributed by atoms with E-state index in [2.05, 4.69) is 87.2 Å². The van der Waals surface area contributed by atoms with E-state index >= 15 is 0 Å². The van der Waals surface area contributed by atoms with Gasteiger partial charge in [0, 0.05) is 16.8 Å². The molecule has 0 atom stereocenters. The number of aryl methyl sites for hydroxylation is 3. The zero-order valence-corrected chi connectivity index (χ0v) is 19.2. The van der Waals surface area contributed by atoms with Crippen LogP contribution in [0.4, 0.5) is 0 Å². The average Bonchev–Trinajstić information content (AvgIpc) is 3.02. The van der Waals surface area contributed by atoms with E-state index in [-0.39, 0.29) is 5.41 Å². The molecule has 0 aliphatic carbocycles. The van der Waals surface area contributed by atoms with Gasteiger partial charge in [-0.1, -0.05) is 45.0 Å². The van der Waals surface area contributed by atoms with E-state index < -0.39 is 0 Å². The fourth-order valence-electron chi connectivity index (χ4n) is 5.57. The lowest BCUT2D eigenvalue weighted by Crippen LogP contribution is -2.29. The van der Waals surface area contributed by atoms with Gasteiger partial charge < -0.3 is 4.40 Å². The van der Waals surface area contributed by atoms with Gasteiger partial charge in [-0.2, -0.15) is 0 Å². The minimum Gasteiger partial charge on any atom is -0.307 e. The van der Waals surface area contributed by atoms with Gasteiger partial charge in [-0.25, -0.2) is 4.57 Å². The quantitative estimate of drug-likeness (QED) is 0.157. The van der Waals surface area contributed by atoms with Crippen molar-refractivity contribution < 1.29 is 5.94 Å². The van der Waals surface area contributed by atoms with Crippen LogP contribution in [-0.2, 0) is 13.5 Å². The number of aromatic nitrogens is 2. The first-order valence-electron chi connectivity index (χ1n) is 11.6. The lowest BCUT2D eigenvalue weighted by molar-refractivity contribution is -0.643. The van der Waals surface area contributed by atoms with Gasteiger partial charge in [0.1, 0.15) is 7.05 Å². The zero-order valence-electron chi connectivity index (χ0n) is 20.2. The molecule has 3 aromatic carbocycles. The van der Waals surface area contributed by atoms with Crippen molar-refractivity contribution in [3.05, 3.63) is 71.4 Å². The molecule has 6 rings (SSSR count). The summed E-state index contributed by atoms with van der Waals surface area (Å²) in [5.41, 5.74) is 9.25. The number of hydrogen-bond acceptors (Lipinski definition) is 0. The standard InChI is InChI=1S/C29H29N2/c1-17-13-22-21-9-7-8-10-23(21)31-24-15-19(16-29(3,4)5)14-20-11-12-30(6)28(26(20)24)25(18(17)2)27(22)31/h7-15H,16H2,1-6H3/q+1/i7D. The fraction of sp³-hybridized carbons (Fsp3) is 0.276. The van der Waals surface area contributed by atoms with E-state index in [1.807, 2.05) is 12.1 Å². The Morgan fingerprint density at radius 1 is 0.968 bits per heavy atom. The maximum atomic E-state index is 8.28. The predicted molar refractivity (Wildman–Crippen MR) is 132 cm³/mol. The van der Waals surface area contributed by atoms with Crippen molar-refractivity contribution in [2.24, 2.45) is 12.5 Å². The summed E-state index contributed by atoms with van der Waals surface area (Å²) in [6, 6.07) is 16.0. The van der Waals surface area contributed by atoms with Crippen molar-refractivity contribution in [2.75, 3.05) is 0 Å². The Bertz CT molecular complexity index is 1710. The molecule has 3 heterocycles. The Labute approximate surface area is 184 Å². The van der Waals surface area contributed by atoms with E-state index in [0.717, 1.165) is 6.42 Å². The van der Waals surface area contributed by atoms with Crippen LogP contribution in [0.3, 0.4) is 0 Å². The number of para-hydroxylation sites is 1. The van der Waals surface area contributed by atoms with E-state index in [9.17, 15) is 0 Å². The molecule has 0 spiro atoms. The largest absolute Gasteiger partial charge is 0.307 e. The molecule has 0 bridgehead atoms. The molecule has 0 unspecified atom stereocenters. The van der Waals surface area contributed by atoms with Crippen molar-refractivity contribution in [3.8, 4) is 0 Å². The number of fused-ring (bicyclic) bond motifs is 5. The summed E-state index contributed by atoms with van der Waals surface area (Å²) >= 11 is 0. The summed E-state index contributed by atoms with van der Waals surface area (Å²) in [5.74, 6) is 0. The van der Waals surface area contributed by atoms with E-state index in [4.69, 9.17) is 1.37 Å². The Balaban J connectivity index is 1.99.